The molecule has 152 valence electrons. The predicted octanol–water partition coefficient (Wildman–Crippen LogP) is 3.45. The van der Waals surface area contributed by atoms with Crippen LogP contribution in [0.4, 0.5) is 4.79 Å². The van der Waals surface area contributed by atoms with E-state index < -0.39 is 12.0 Å². The number of carbonyl (C=O) groups excluding carboxylic acids is 2. The van der Waals surface area contributed by atoms with Gasteiger partial charge in [-0.15, -0.1) is 0 Å². The van der Waals surface area contributed by atoms with Crippen LogP contribution in [0.25, 0.3) is 0 Å². The minimum absolute atomic E-state index is 0.0902. The summed E-state index contributed by atoms with van der Waals surface area (Å²) in [6.45, 7) is 3.89. The molecule has 2 N–H and O–H groups in total. The normalized spacial score (nSPS) is 24.9. The highest BCUT2D eigenvalue weighted by molar-refractivity contribution is 5.95. The molecule has 28 heavy (non-hydrogen) atoms. The van der Waals surface area contributed by atoms with E-state index in [-0.39, 0.29) is 12.1 Å². The van der Waals surface area contributed by atoms with Crippen molar-refractivity contribution < 1.29 is 23.8 Å². The molecule has 1 aromatic carbocycles. The molecule has 1 saturated carbocycles. The number of allylic oxidation sites excluding steroid dienone is 1. The maximum Gasteiger partial charge on any atom is 0.338 e. The first-order valence-corrected chi connectivity index (χ1v) is 9.64. The Morgan fingerprint density at radius 2 is 1.96 bits per heavy atom. The lowest BCUT2D eigenvalue weighted by molar-refractivity contribution is -0.146. The van der Waals surface area contributed by atoms with Gasteiger partial charge in [0.15, 0.2) is 0 Å². The third kappa shape index (κ3) is 4.24. The van der Waals surface area contributed by atoms with E-state index >= 15 is 0 Å². The van der Waals surface area contributed by atoms with Crippen LogP contribution in [-0.2, 0) is 9.53 Å². The van der Waals surface area contributed by atoms with Gasteiger partial charge in [-0.3, -0.25) is 0 Å². The zero-order valence-electron chi connectivity index (χ0n) is 16.8. The number of hydrogen-bond acceptors (Lipinski definition) is 5. The first-order valence-electron chi connectivity index (χ1n) is 9.64. The van der Waals surface area contributed by atoms with E-state index in [0.717, 1.165) is 19.3 Å². The van der Waals surface area contributed by atoms with E-state index in [1.165, 1.54) is 6.42 Å². The summed E-state index contributed by atoms with van der Waals surface area (Å²) in [7, 11) is 3.11. The highest BCUT2D eigenvalue weighted by Gasteiger charge is 2.35. The van der Waals surface area contributed by atoms with Gasteiger partial charge in [-0.05, 0) is 44.2 Å². The summed E-state index contributed by atoms with van der Waals surface area (Å²) in [6, 6.07) is 4.25. The topological polar surface area (TPSA) is 85.9 Å². The Bertz CT molecular complexity index is 789. The molecule has 0 spiro atoms. The number of hydrogen-bond donors (Lipinski definition) is 2. The van der Waals surface area contributed by atoms with Crippen molar-refractivity contribution >= 4 is 12.0 Å². The van der Waals surface area contributed by atoms with Crippen LogP contribution < -0.4 is 20.1 Å². The lowest BCUT2D eigenvalue weighted by Gasteiger charge is -2.31. The second-order valence-corrected chi connectivity index (χ2v) is 7.48. The van der Waals surface area contributed by atoms with Crippen molar-refractivity contribution in [2.24, 2.45) is 5.92 Å². The summed E-state index contributed by atoms with van der Waals surface area (Å²) in [5.74, 6) is 1.29. The quantitative estimate of drug-likeness (QED) is 0.755. The number of benzene rings is 1. The number of nitrogens with one attached hydrogen (secondary N) is 2. The highest BCUT2D eigenvalue weighted by atomic mass is 16.5. The van der Waals surface area contributed by atoms with Crippen LogP contribution in [-0.4, -0.2) is 32.3 Å². The molecule has 1 fully saturated rings. The van der Waals surface area contributed by atoms with Gasteiger partial charge in [0, 0.05) is 17.3 Å². The van der Waals surface area contributed by atoms with E-state index in [1.54, 1.807) is 39.3 Å². The zero-order valence-corrected chi connectivity index (χ0v) is 16.8. The second kappa shape index (κ2) is 8.54. The maximum absolute atomic E-state index is 13.1. The van der Waals surface area contributed by atoms with Crippen LogP contribution in [0.5, 0.6) is 11.5 Å². The Kier molecular flexibility index (Phi) is 6.11. The first-order chi connectivity index (χ1) is 13.4. The Balaban J connectivity index is 1.91. The summed E-state index contributed by atoms with van der Waals surface area (Å²) >= 11 is 0. The van der Waals surface area contributed by atoms with E-state index in [4.69, 9.17) is 14.2 Å². The summed E-state index contributed by atoms with van der Waals surface area (Å²) in [5.41, 5.74) is 1.54. The fraction of sp³-hybridized carbons (Fsp3) is 0.524. The van der Waals surface area contributed by atoms with Crippen molar-refractivity contribution in [1.29, 1.82) is 0 Å². The van der Waals surface area contributed by atoms with Crippen LogP contribution in [0.15, 0.2) is 29.5 Å². The van der Waals surface area contributed by atoms with Gasteiger partial charge in [-0.1, -0.05) is 13.3 Å². The van der Waals surface area contributed by atoms with Gasteiger partial charge >= 0.3 is 12.0 Å². The summed E-state index contributed by atoms with van der Waals surface area (Å²) < 4.78 is 16.5. The fourth-order valence-electron chi connectivity index (χ4n) is 3.95. The van der Waals surface area contributed by atoms with Crippen LogP contribution in [0, 0.1) is 5.92 Å². The number of amides is 2. The number of methoxy groups -OCH3 is 2. The third-order valence-electron chi connectivity index (χ3n) is 5.40. The van der Waals surface area contributed by atoms with Crippen LogP contribution in [0.3, 0.4) is 0 Å². The average Bonchev–Trinajstić information content (AvgIpc) is 2.66. The zero-order chi connectivity index (χ0) is 20.3. The smallest absolute Gasteiger partial charge is 0.338 e. The molecule has 0 aromatic heterocycles. The molecular formula is C21H28N2O5. The van der Waals surface area contributed by atoms with E-state index in [2.05, 4.69) is 17.6 Å². The number of urea groups is 1. The Morgan fingerprint density at radius 1 is 1.18 bits per heavy atom. The molecule has 2 aliphatic rings. The van der Waals surface area contributed by atoms with Gasteiger partial charge in [0.05, 0.1) is 25.8 Å². The Morgan fingerprint density at radius 3 is 2.64 bits per heavy atom. The maximum atomic E-state index is 13.1. The fourth-order valence-corrected chi connectivity index (χ4v) is 3.95. The molecule has 0 unspecified atom stereocenters. The van der Waals surface area contributed by atoms with Gasteiger partial charge in [0.1, 0.15) is 17.6 Å². The Hall–Kier alpha value is -2.70. The molecule has 0 saturated heterocycles. The Labute approximate surface area is 165 Å². The molecule has 3 rings (SSSR count). The monoisotopic (exact) mass is 388 g/mol. The van der Waals surface area contributed by atoms with Gasteiger partial charge in [0.25, 0.3) is 0 Å². The van der Waals surface area contributed by atoms with Gasteiger partial charge in [-0.2, -0.15) is 0 Å². The van der Waals surface area contributed by atoms with Crippen molar-refractivity contribution in [2.45, 2.75) is 51.7 Å². The van der Waals surface area contributed by atoms with Gasteiger partial charge in [-0.25, -0.2) is 9.59 Å². The number of ether oxygens (including phenoxy) is 3. The van der Waals surface area contributed by atoms with Gasteiger partial charge < -0.3 is 24.8 Å². The molecular weight excluding hydrogens is 360 g/mol. The SMILES string of the molecule is COc1ccc([C@H]2NC(=O)NC(C)=C2C(=O)O[C@@H]2CCC[C@@H](C)C2)c(OC)c1. The van der Waals surface area contributed by atoms with E-state index in [9.17, 15) is 9.59 Å². The summed E-state index contributed by atoms with van der Waals surface area (Å²) in [4.78, 5) is 25.2. The molecule has 1 aliphatic carbocycles. The minimum atomic E-state index is -0.664. The number of carbonyl (C=O) groups is 2. The largest absolute Gasteiger partial charge is 0.497 e. The standard InChI is InChI=1S/C21H28N2O5/c1-12-6-5-7-15(10-12)28-20(24)18-13(2)22-21(25)23-19(18)16-9-8-14(26-3)11-17(16)27-4/h8-9,11-12,15,19H,5-7,10H2,1-4H3,(H2,22,23,25)/t12-,15-,19-/m1/s1. The molecule has 1 aliphatic heterocycles. The molecule has 2 amide bonds. The summed E-state index contributed by atoms with van der Waals surface area (Å²) in [5, 5.41) is 5.50. The highest BCUT2D eigenvalue weighted by Crippen LogP contribution is 2.36. The molecule has 0 bridgehead atoms. The van der Waals surface area contributed by atoms with E-state index in [1.807, 2.05) is 0 Å². The molecule has 1 aromatic rings. The molecule has 7 heteroatoms. The molecule has 3 atom stereocenters. The predicted molar refractivity (Wildman–Crippen MR) is 104 cm³/mol. The molecule has 1 heterocycles. The van der Waals surface area contributed by atoms with Crippen LogP contribution in [0.1, 0.15) is 51.1 Å². The van der Waals surface area contributed by atoms with Gasteiger partial charge in [0.2, 0.25) is 0 Å². The van der Waals surface area contributed by atoms with Crippen molar-refractivity contribution in [2.75, 3.05) is 14.2 Å². The van der Waals surface area contributed by atoms with Crippen molar-refractivity contribution in [3.8, 4) is 11.5 Å². The third-order valence-corrected chi connectivity index (χ3v) is 5.40. The summed E-state index contributed by atoms with van der Waals surface area (Å²) in [6.07, 6.45) is 3.88. The molecule has 0 radical (unpaired) electrons. The average molecular weight is 388 g/mol. The van der Waals surface area contributed by atoms with Crippen LogP contribution in [0.2, 0.25) is 0 Å². The van der Waals surface area contributed by atoms with Crippen molar-refractivity contribution in [1.82, 2.24) is 10.6 Å². The van der Waals surface area contributed by atoms with Crippen molar-refractivity contribution in [3.63, 3.8) is 0 Å². The number of esters is 1. The van der Waals surface area contributed by atoms with Crippen molar-refractivity contribution in [3.05, 3.63) is 35.0 Å². The lowest BCUT2D eigenvalue weighted by Crippen LogP contribution is -2.45. The minimum Gasteiger partial charge on any atom is -0.497 e. The van der Waals surface area contributed by atoms with E-state index in [0.29, 0.717) is 34.3 Å². The number of rotatable bonds is 5. The lowest BCUT2D eigenvalue weighted by atomic mass is 9.88. The first kappa shape index (κ1) is 20.0. The van der Waals surface area contributed by atoms with Crippen LogP contribution >= 0.6 is 0 Å². The molecule has 7 nitrogen and oxygen atoms in total. The second-order valence-electron chi connectivity index (χ2n) is 7.48.